The Labute approximate surface area is 187 Å². The Bertz CT molecular complexity index is 1120. The van der Waals surface area contributed by atoms with Crippen molar-refractivity contribution in [2.45, 2.75) is 13.8 Å². The number of carbonyl (C=O) groups is 1. The van der Waals surface area contributed by atoms with Crippen LogP contribution in [-0.4, -0.2) is 53.5 Å². The lowest BCUT2D eigenvalue weighted by Gasteiger charge is -2.35. The van der Waals surface area contributed by atoms with Crippen molar-refractivity contribution in [1.82, 2.24) is 14.7 Å². The Hall–Kier alpha value is -3.81. The van der Waals surface area contributed by atoms with Gasteiger partial charge < -0.3 is 19.9 Å². The van der Waals surface area contributed by atoms with E-state index < -0.39 is 0 Å². The largest absolute Gasteiger partial charge is 0.494 e. The first-order valence-electron chi connectivity index (χ1n) is 10.7. The summed E-state index contributed by atoms with van der Waals surface area (Å²) < 4.78 is 6.85. The summed E-state index contributed by atoms with van der Waals surface area (Å²) in [6.07, 6.45) is 0. The molecule has 0 atom stereocenters. The number of piperazine rings is 1. The van der Waals surface area contributed by atoms with E-state index in [2.05, 4.69) is 15.3 Å². The predicted molar refractivity (Wildman–Crippen MR) is 125 cm³/mol. The van der Waals surface area contributed by atoms with Crippen molar-refractivity contribution in [2.24, 2.45) is 0 Å². The maximum Gasteiger partial charge on any atom is 0.321 e. The monoisotopic (exact) mass is 433 g/mol. The van der Waals surface area contributed by atoms with Crippen LogP contribution in [0.4, 0.5) is 16.3 Å². The minimum Gasteiger partial charge on any atom is -0.494 e. The fraction of sp³-hybridized carbons (Fsp3) is 0.292. The van der Waals surface area contributed by atoms with Crippen molar-refractivity contribution in [3.05, 3.63) is 76.6 Å². The molecule has 1 aromatic heterocycles. The van der Waals surface area contributed by atoms with Crippen LogP contribution in [-0.2, 0) is 0 Å². The molecule has 2 heterocycles. The van der Waals surface area contributed by atoms with Gasteiger partial charge in [0.25, 0.3) is 5.56 Å². The number of ether oxygens (including phenoxy) is 1. The van der Waals surface area contributed by atoms with E-state index in [1.54, 1.807) is 11.0 Å². The zero-order valence-electron chi connectivity index (χ0n) is 18.3. The van der Waals surface area contributed by atoms with Crippen LogP contribution in [0.2, 0.25) is 0 Å². The second-order valence-corrected chi connectivity index (χ2v) is 7.64. The van der Waals surface area contributed by atoms with Gasteiger partial charge >= 0.3 is 6.03 Å². The van der Waals surface area contributed by atoms with Gasteiger partial charge in [-0.2, -0.15) is 4.68 Å². The molecule has 3 aromatic rings. The molecule has 8 heteroatoms. The van der Waals surface area contributed by atoms with E-state index >= 15 is 0 Å². The Morgan fingerprint density at radius 3 is 2.31 bits per heavy atom. The van der Waals surface area contributed by atoms with Gasteiger partial charge in [0.2, 0.25) is 0 Å². The van der Waals surface area contributed by atoms with Crippen LogP contribution < -0.4 is 20.5 Å². The number of benzene rings is 2. The molecule has 8 nitrogen and oxygen atoms in total. The van der Waals surface area contributed by atoms with Gasteiger partial charge in [-0.1, -0.05) is 17.7 Å². The fourth-order valence-corrected chi connectivity index (χ4v) is 3.58. The van der Waals surface area contributed by atoms with Gasteiger partial charge in [0, 0.05) is 37.9 Å². The highest BCUT2D eigenvalue weighted by atomic mass is 16.5. The van der Waals surface area contributed by atoms with Crippen LogP contribution >= 0.6 is 0 Å². The molecule has 1 saturated heterocycles. The molecule has 1 fully saturated rings. The Morgan fingerprint density at radius 1 is 0.969 bits per heavy atom. The number of hydrogen-bond acceptors (Lipinski definition) is 5. The number of hydrogen-bond donors (Lipinski definition) is 1. The molecule has 166 valence electrons. The predicted octanol–water partition coefficient (Wildman–Crippen LogP) is 3.29. The van der Waals surface area contributed by atoms with E-state index in [0.29, 0.717) is 32.8 Å². The van der Waals surface area contributed by atoms with E-state index in [4.69, 9.17) is 4.74 Å². The minimum absolute atomic E-state index is 0.133. The average Bonchev–Trinajstić information content (AvgIpc) is 2.82. The number of amides is 2. The van der Waals surface area contributed by atoms with Crippen LogP contribution in [0.25, 0.3) is 5.69 Å². The van der Waals surface area contributed by atoms with Crippen molar-refractivity contribution in [2.75, 3.05) is 43.0 Å². The molecule has 2 amide bonds. The summed E-state index contributed by atoms with van der Waals surface area (Å²) in [5.74, 6) is 1.50. The molecule has 4 rings (SSSR count). The molecule has 0 saturated carbocycles. The number of urea groups is 1. The van der Waals surface area contributed by atoms with Crippen LogP contribution in [0.3, 0.4) is 0 Å². The third-order valence-electron chi connectivity index (χ3n) is 5.37. The van der Waals surface area contributed by atoms with Gasteiger partial charge in [-0.15, -0.1) is 5.10 Å². The molecular weight excluding hydrogens is 406 g/mol. The third kappa shape index (κ3) is 4.91. The molecule has 1 aliphatic heterocycles. The maximum absolute atomic E-state index is 12.6. The number of aryl methyl sites for hydroxylation is 1. The molecular formula is C24H27N5O3. The van der Waals surface area contributed by atoms with Gasteiger partial charge in [0.05, 0.1) is 12.3 Å². The molecule has 0 bridgehead atoms. The zero-order chi connectivity index (χ0) is 22.5. The van der Waals surface area contributed by atoms with Crippen molar-refractivity contribution in [1.29, 1.82) is 0 Å². The van der Waals surface area contributed by atoms with Crippen LogP contribution in [0.15, 0.2) is 65.5 Å². The van der Waals surface area contributed by atoms with Crippen molar-refractivity contribution in [3.8, 4) is 11.4 Å². The summed E-state index contributed by atoms with van der Waals surface area (Å²) in [5.41, 5.74) is 2.41. The zero-order valence-corrected chi connectivity index (χ0v) is 18.3. The second kappa shape index (κ2) is 9.55. The van der Waals surface area contributed by atoms with Crippen LogP contribution in [0, 0.1) is 6.92 Å². The SMILES string of the molecule is CCOc1ccc(NC(=O)N2CCN(c3ccc(=O)n(-c4ccc(C)cc4)n3)CC2)cc1. The molecule has 0 spiro atoms. The summed E-state index contributed by atoms with van der Waals surface area (Å²) in [7, 11) is 0. The quantitative estimate of drug-likeness (QED) is 0.668. The Balaban J connectivity index is 1.38. The maximum atomic E-state index is 12.6. The van der Waals surface area contributed by atoms with Crippen molar-refractivity contribution >= 4 is 17.5 Å². The summed E-state index contributed by atoms with van der Waals surface area (Å²) in [4.78, 5) is 28.8. The number of nitrogens with one attached hydrogen (secondary N) is 1. The number of rotatable bonds is 5. The summed E-state index contributed by atoms with van der Waals surface area (Å²) in [5, 5.41) is 7.49. The molecule has 1 N–H and O–H groups in total. The van der Waals surface area contributed by atoms with Crippen molar-refractivity contribution in [3.63, 3.8) is 0 Å². The number of carbonyl (C=O) groups excluding carboxylic acids is 1. The summed E-state index contributed by atoms with van der Waals surface area (Å²) in [6.45, 7) is 6.94. The molecule has 1 aliphatic rings. The lowest BCUT2D eigenvalue weighted by atomic mass is 10.2. The number of aromatic nitrogens is 2. The summed E-state index contributed by atoms with van der Waals surface area (Å²) >= 11 is 0. The highest BCUT2D eigenvalue weighted by molar-refractivity contribution is 5.89. The lowest BCUT2D eigenvalue weighted by molar-refractivity contribution is 0.208. The number of anilines is 2. The molecule has 0 unspecified atom stereocenters. The lowest BCUT2D eigenvalue weighted by Crippen LogP contribution is -2.50. The standard InChI is InChI=1S/C24H27N5O3/c1-3-32-21-10-6-19(7-11-21)25-24(31)28-16-14-27(15-17-28)22-12-13-23(30)29(26-22)20-8-4-18(2)5-9-20/h4-13H,3,14-17H2,1-2H3,(H,25,31). The second-order valence-electron chi connectivity index (χ2n) is 7.64. The highest BCUT2D eigenvalue weighted by Gasteiger charge is 2.22. The van der Waals surface area contributed by atoms with E-state index in [1.165, 1.54) is 10.7 Å². The van der Waals surface area contributed by atoms with Gasteiger partial charge in [-0.05, 0) is 56.3 Å². The van der Waals surface area contributed by atoms with E-state index in [0.717, 1.165) is 28.5 Å². The van der Waals surface area contributed by atoms with Crippen LogP contribution in [0.1, 0.15) is 12.5 Å². The molecule has 32 heavy (non-hydrogen) atoms. The van der Waals surface area contributed by atoms with Gasteiger partial charge in [0.1, 0.15) is 11.6 Å². The van der Waals surface area contributed by atoms with Gasteiger partial charge in [-0.25, -0.2) is 4.79 Å². The van der Waals surface area contributed by atoms with E-state index in [1.807, 2.05) is 62.4 Å². The average molecular weight is 434 g/mol. The van der Waals surface area contributed by atoms with Gasteiger partial charge in [-0.3, -0.25) is 4.79 Å². The summed E-state index contributed by atoms with van der Waals surface area (Å²) in [6, 6.07) is 18.2. The van der Waals surface area contributed by atoms with Crippen LogP contribution in [0.5, 0.6) is 5.75 Å². The first kappa shape index (κ1) is 21.4. The fourth-order valence-electron chi connectivity index (χ4n) is 3.58. The number of nitrogens with zero attached hydrogens (tertiary/aromatic N) is 4. The Morgan fingerprint density at radius 2 is 1.66 bits per heavy atom. The highest BCUT2D eigenvalue weighted by Crippen LogP contribution is 2.18. The molecule has 0 radical (unpaired) electrons. The van der Waals surface area contributed by atoms with Crippen molar-refractivity contribution < 1.29 is 9.53 Å². The third-order valence-corrected chi connectivity index (χ3v) is 5.37. The Kier molecular flexibility index (Phi) is 6.39. The minimum atomic E-state index is -0.175. The first-order valence-corrected chi connectivity index (χ1v) is 10.7. The molecule has 0 aliphatic carbocycles. The molecule has 2 aromatic carbocycles. The van der Waals surface area contributed by atoms with Gasteiger partial charge in [0.15, 0.2) is 0 Å². The first-order chi connectivity index (χ1) is 15.5. The van der Waals surface area contributed by atoms with E-state index in [-0.39, 0.29) is 11.6 Å². The smallest absolute Gasteiger partial charge is 0.321 e. The van der Waals surface area contributed by atoms with E-state index in [9.17, 15) is 9.59 Å². The topological polar surface area (TPSA) is 79.7 Å². The normalized spacial score (nSPS) is 13.7.